The maximum Gasteiger partial charge on any atom is 0.348 e. The van der Waals surface area contributed by atoms with E-state index in [-0.39, 0.29) is 6.01 Å². The standard InChI is InChI=1S/C24H26N2O4/c1-17-14-18(2)26-23(25-17)30-21(22(27)28)24(29-3,15-19-10-6-4-7-11-19)16-20-12-8-5-9-13-20/h4-14,21H,15-16H2,1-3H3,(H,27,28)/t21-/m1/s1. The van der Waals surface area contributed by atoms with Crippen LogP contribution in [0.2, 0.25) is 0 Å². The molecule has 6 nitrogen and oxygen atoms in total. The van der Waals surface area contributed by atoms with Gasteiger partial charge in [0.25, 0.3) is 0 Å². The van der Waals surface area contributed by atoms with E-state index in [0.29, 0.717) is 24.2 Å². The molecule has 0 aliphatic heterocycles. The zero-order valence-corrected chi connectivity index (χ0v) is 17.4. The number of rotatable bonds is 9. The third kappa shape index (κ3) is 5.21. The summed E-state index contributed by atoms with van der Waals surface area (Å²) in [5.41, 5.74) is 2.14. The lowest BCUT2D eigenvalue weighted by Crippen LogP contribution is -2.55. The predicted octanol–water partition coefficient (Wildman–Crippen LogP) is 3.80. The Hall–Kier alpha value is -3.25. The SMILES string of the molecule is COC(Cc1ccccc1)(Cc1ccccc1)[C@H](Oc1nc(C)cc(C)n1)C(=O)O. The fourth-order valence-corrected chi connectivity index (χ4v) is 3.62. The molecular formula is C24H26N2O4. The first kappa shape index (κ1) is 21.5. The zero-order chi connectivity index (χ0) is 21.6. The first-order valence-electron chi connectivity index (χ1n) is 9.76. The molecule has 0 radical (unpaired) electrons. The number of carboxylic acid groups (broad SMARTS) is 1. The van der Waals surface area contributed by atoms with Gasteiger partial charge in [-0.3, -0.25) is 0 Å². The number of carboxylic acids is 1. The number of hydrogen-bond acceptors (Lipinski definition) is 5. The van der Waals surface area contributed by atoms with Gasteiger partial charge in [-0.25, -0.2) is 14.8 Å². The predicted molar refractivity (Wildman–Crippen MR) is 114 cm³/mol. The molecule has 0 saturated carbocycles. The van der Waals surface area contributed by atoms with Crippen molar-refractivity contribution in [1.82, 2.24) is 9.97 Å². The fraction of sp³-hybridized carbons (Fsp3) is 0.292. The summed E-state index contributed by atoms with van der Waals surface area (Å²) in [5.74, 6) is -1.13. The van der Waals surface area contributed by atoms with E-state index in [0.717, 1.165) is 11.1 Å². The molecule has 1 aromatic heterocycles. The number of nitrogens with zero attached hydrogens (tertiary/aromatic N) is 2. The van der Waals surface area contributed by atoms with E-state index in [1.54, 1.807) is 6.07 Å². The van der Waals surface area contributed by atoms with E-state index >= 15 is 0 Å². The Bertz CT molecular complexity index is 915. The van der Waals surface area contributed by atoms with Crippen LogP contribution in [0.5, 0.6) is 6.01 Å². The lowest BCUT2D eigenvalue weighted by molar-refractivity contribution is -0.164. The lowest BCUT2D eigenvalue weighted by atomic mass is 9.83. The molecule has 3 rings (SSSR count). The summed E-state index contributed by atoms with van der Waals surface area (Å²) < 4.78 is 11.8. The third-order valence-corrected chi connectivity index (χ3v) is 4.99. The summed E-state index contributed by atoms with van der Waals surface area (Å²) in [6.45, 7) is 3.63. The van der Waals surface area contributed by atoms with Crippen LogP contribution in [0.3, 0.4) is 0 Å². The minimum atomic E-state index is -1.32. The maximum atomic E-state index is 12.4. The van der Waals surface area contributed by atoms with Crippen LogP contribution < -0.4 is 4.74 Å². The first-order chi connectivity index (χ1) is 14.4. The van der Waals surface area contributed by atoms with Crippen LogP contribution in [0.4, 0.5) is 0 Å². The molecule has 6 heteroatoms. The first-order valence-corrected chi connectivity index (χ1v) is 9.76. The molecule has 0 aliphatic rings. The molecule has 30 heavy (non-hydrogen) atoms. The Morgan fingerprint density at radius 1 is 0.933 bits per heavy atom. The quantitative estimate of drug-likeness (QED) is 0.582. The van der Waals surface area contributed by atoms with Gasteiger partial charge in [0.15, 0.2) is 0 Å². The summed E-state index contributed by atoms with van der Waals surface area (Å²) in [5, 5.41) is 10.1. The van der Waals surface area contributed by atoms with Crippen molar-refractivity contribution in [3.63, 3.8) is 0 Å². The average Bonchev–Trinajstić information content (AvgIpc) is 2.72. The second kappa shape index (κ2) is 9.50. The molecule has 0 saturated heterocycles. The largest absolute Gasteiger partial charge is 0.478 e. The fourth-order valence-electron chi connectivity index (χ4n) is 3.62. The van der Waals surface area contributed by atoms with Crippen molar-refractivity contribution in [3.05, 3.63) is 89.2 Å². The van der Waals surface area contributed by atoms with Gasteiger partial charge in [-0.15, -0.1) is 0 Å². The van der Waals surface area contributed by atoms with Gasteiger partial charge < -0.3 is 14.6 Å². The minimum Gasteiger partial charge on any atom is -0.478 e. The second-order valence-corrected chi connectivity index (χ2v) is 7.36. The van der Waals surface area contributed by atoms with E-state index in [2.05, 4.69) is 9.97 Å². The average molecular weight is 406 g/mol. The third-order valence-electron chi connectivity index (χ3n) is 4.99. The summed E-state index contributed by atoms with van der Waals surface area (Å²) in [6.07, 6.45) is -0.619. The molecular weight excluding hydrogens is 380 g/mol. The Labute approximate surface area is 176 Å². The van der Waals surface area contributed by atoms with Gasteiger partial charge in [0, 0.05) is 31.3 Å². The highest BCUT2D eigenvalue weighted by Gasteiger charge is 2.46. The Morgan fingerprint density at radius 3 is 1.80 bits per heavy atom. The summed E-state index contributed by atoms with van der Waals surface area (Å²) in [7, 11) is 1.52. The monoisotopic (exact) mass is 406 g/mol. The van der Waals surface area contributed by atoms with Crippen molar-refractivity contribution in [3.8, 4) is 6.01 Å². The molecule has 3 aromatic rings. The van der Waals surface area contributed by atoms with Crippen LogP contribution in [0, 0.1) is 13.8 Å². The highest BCUT2D eigenvalue weighted by molar-refractivity contribution is 5.74. The summed E-state index contributed by atoms with van der Waals surface area (Å²) in [6, 6.07) is 21.1. The van der Waals surface area contributed by atoms with Gasteiger partial charge in [-0.1, -0.05) is 60.7 Å². The van der Waals surface area contributed by atoms with Crippen LogP contribution in [-0.2, 0) is 22.4 Å². The molecule has 0 spiro atoms. The molecule has 156 valence electrons. The second-order valence-electron chi connectivity index (χ2n) is 7.36. The van der Waals surface area contributed by atoms with E-state index < -0.39 is 17.7 Å². The van der Waals surface area contributed by atoms with Crippen LogP contribution in [0.15, 0.2) is 66.7 Å². The highest BCUT2D eigenvalue weighted by atomic mass is 16.6. The molecule has 0 amide bonds. The number of aromatic nitrogens is 2. The van der Waals surface area contributed by atoms with Gasteiger partial charge in [0.2, 0.25) is 6.10 Å². The Kier molecular flexibility index (Phi) is 6.79. The van der Waals surface area contributed by atoms with E-state index in [4.69, 9.17) is 9.47 Å². The molecule has 1 atom stereocenters. The summed E-state index contributed by atoms with van der Waals surface area (Å²) in [4.78, 5) is 20.9. The number of aliphatic carboxylic acids is 1. The highest BCUT2D eigenvalue weighted by Crippen LogP contribution is 2.29. The number of carbonyl (C=O) groups is 1. The van der Waals surface area contributed by atoms with Gasteiger partial charge in [0.05, 0.1) is 0 Å². The van der Waals surface area contributed by atoms with Crippen LogP contribution in [0.1, 0.15) is 22.5 Å². The lowest BCUT2D eigenvalue weighted by Gasteiger charge is -2.37. The smallest absolute Gasteiger partial charge is 0.348 e. The number of hydrogen-bond donors (Lipinski definition) is 1. The number of ether oxygens (including phenoxy) is 2. The van der Waals surface area contributed by atoms with E-state index in [9.17, 15) is 9.90 Å². The molecule has 2 aromatic carbocycles. The summed E-state index contributed by atoms with van der Waals surface area (Å²) >= 11 is 0. The van der Waals surface area contributed by atoms with Gasteiger partial charge in [0.1, 0.15) is 5.60 Å². The molecule has 0 bridgehead atoms. The molecule has 1 heterocycles. The normalized spacial score (nSPS) is 12.4. The molecule has 0 fully saturated rings. The van der Waals surface area contributed by atoms with Gasteiger partial charge >= 0.3 is 12.0 Å². The number of methoxy groups -OCH3 is 1. The van der Waals surface area contributed by atoms with Crippen molar-refractivity contribution in [1.29, 1.82) is 0 Å². The van der Waals surface area contributed by atoms with Crippen LogP contribution in [-0.4, -0.2) is 39.9 Å². The van der Waals surface area contributed by atoms with Crippen LogP contribution >= 0.6 is 0 Å². The van der Waals surface area contributed by atoms with Crippen molar-refractivity contribution in [2.75, 3.05) is 7.11 Å². The molecule has 0 aliphatic carbocycles. The van der Waals surface area contributed by atoms with E-state index in [1.807, 2.05) is 74.5 Å². The molecule has 0 unspecified atom stereocenters. The van der Waals surface area contributed by atoms with Crippen molar-refractivity contribution < 1.29 is 19.4 Å². The van der Waals surface area contributed by atoms with E-state index in [1.165, 1.54) is 7.11 Å². The Morgan fingerprint density at radius 2 is 1.40 bits per heavy atom. The number of aryl methyl sites for hydroxylation is 2. The zero-order valence-electron chi connectivity index (χ0n) is 17.4. The number of benzene rings is 2. The van der Waals surface area contributed by atoms with Crippen molar-refractivity contribution in [2.45, 2.75) is 38.4 Å². The molecule has 1 N–H and O–H groups in total. The van der Waals surface area contributed by atoms with Gasteiger partial charge in [-0.2, -0.15) is 0 Å². The minimum absolute atomic E-state index is 0.0300. The topological polar surface area (TPSA) is 81.5 Å². The van der Waals surface area contributed by atoms with Gasteiger partial charge in [-0.05, 0) is 31.0 Å². The van der Waals surface area contributed by atoms with Crippen molar-refractivity contribution >= 4 is 5.97 Å². The van der Waals surface area contributed by atoms with Crippen LogP contribution in [0.25, 0.3) is 0 Å². The van der Waals surface area contributed by atoms with Crippen molar-refractivity contribution in [2.24, 2.45) is 0 Å². The maximum absolute atomic E-state index is 12.4. The Balaban J connectivity index is 2.04.